The molecule has 0 amide bonds. The Bertz CT molecular complexity index is 915. The lowest BCUT2D eigenvalue weighted by molar-refractivity contribution is 0.326. The van der Waals surface area contributed by atoms with Crippen LogP contribution in [0.25, 0.3) is 0 Å². The molecule has 8 nitrogen and oxygen atoms in total. The normalized spacial score (nSPS) is 25.6. The number of benzene rings is 1. The van der Waals surface area contributed by atoms with E-state index in [9.17, 15) is 8.42 Å². The smallest absolute Gasteiger partial charge is 0.318 e. The predicted molar refractivity (Wildman–Crippen MR) is 106 cm³/mol. The van der Waals surface area contributed by atoms with Crippen LogP contribution in [-0.2, 0) is 16.6 Å². The number of aryl methyl sites for hydroxylation is 1. The van der Waals surface area contributed by atoms with Gasteiger partial charge in [0.15, 0.2) is 0 Å². The first kappa shape index (κ1) is 19.4. The zero-order chi connectivity index (χ0) is 19.9. The van der Waals surface area contributed by atoms with Crippen molar-refractivity contribution in [1.82, 2.24) is 18.8 Å². The Balaban J connectivity index is 1.62. The fourth-order valence-corrected chi connectivity index (χ4v) is 5.72. The Morgan fingerprint density at radius 3 is 2.57 bits per heavy atom. The molecule has 2 aliphatic rings. The molecule has 9 heteroatoms. The third-order valence-electron chi connectivity index (χ3n) is 5.71. The summed E-state index contributed by atoms with van der Waals surface area (Å²) in [5, 5.41) is 8.33. The molecule has 2 aromatic rings. The Kier molecular flexibility index (Phi) is 5.15. The molecule has 0 aliphatic carbocycles. The van der Waals surface area contributed by atoms with Crippen molar-refractivity contribution in [3.8, 4) is 0 Å². The van der Waals surface area contributed by atoms with Gasteiger partial charge in [-0.05, 0) is 17.9 Å². The average Bonchev–Trinajstić information content (AvgIpc) is 3.36. The standard InChI is InChI=1S/C19H27N5O3S/c1-4-8-17-20-21-19(27-17)23-11-15-12-24(28(25,26)22(2)3)18(16(15)13-23)14-9-6-5-7-10-14/h5-7,9-10,15-16,18H,4,8,11-13H2,1-3H3/t15-,16-,18+/m0/s1. The summed E-state index contributed by atoms with van der Waals surface area (Å²) >= 11 is 0. The van der Waals surface area contributed by atoms with Crippen LogP contribution in [0, 0.1) is 11.8 Å². The Labute approximate surface area is 166 Å². The van der Waals surface area contributed by atoms with Crippen LogP contribution in [0.5, 0.6) is 0 Å². The van der Waals surface area contributed by atoms with Crippen LogP contribution in [0.4, 0.5) is 6.01 Å². The number of aromatic nitrogens is 2. The maximum atomic E-state index is 13.0. The maximum absolute atomic E-state index is 13.0. The average molecular weight is 406 g/mol. The van der Waals surface area contributed by atoms with Crippen LogP contribution < -0.4 is 4.90 Å². The molecule has 2 saturated heterocycles. The predicted octanol–water partition coefficient (Wildman–Crippen LogP) is 1.94. The number of anilines is 1. The van der Waals surface area contributed by atoms with Gasteiger partial charge >= 0.3 is 6.01 Å². The molecule has 152 valence electrons. The molecule has 0 N–H and O–H groups in total. The monoisotopic (exact) mass is 405 g/mol. The van der Waals surface area contributed by atoms with E-state index < -0.39 is 10.2 Å². The molecule has 0 bridgehead atoms. The second-order valence-corrected chi connectivity index (χ2v) is 9.87. The van der Waals surface area contributed by atoms with Gasteiger partial charge < -0.3 is 9.32 Å². The molecule has 3 atom stereocenters. The lowest BCUT2D eigenvalue weighted by Crippen LogP contribution is -2.42. The van der Waals surface area contributed by atoms with E-state index in [1.165, 1.54) is 4.31 Å². The number of rotatable bonds is 6. The third kappa shape index (κ3) is 3.31. The summed E-state index contributed by atoms with van der Waals surface area (Å²) in [4.78, 5) is 2.11. The van der Waals surface area contributed by atoms with E-state index in [4.69, 9.17) is 4.42 Å². The van der Waals surface area contributed by atoms with Crippen LogP contribution >= 0.6 is 0 Å². The van der Waals surface area contributed by atoms with Gasteiger partial charge in [0.05, 0.1) is 6.04 Å². The summed E-state index contributed by atoms with van der Waals surface area (Å²) in [5.41, 5.74) is 1.03. The molecular weight excluding hydrogens is 378 g/mol. The quantitative estimate of drug-likeness (QED) is 0.730. The van der Waals surface area contributed by atoms with Crippen molar-refractivity contribution in [3.05, 3.63) is 41.8 Å². The molecular formula is C19H27N5O3S. The number of fused-ring (bicyclic) bond motifs is 1. The minimum Gasteiger partial charge on any atom is -0.408 e. The van der Waals surface area contributed by atoms with E-state index in [0.717, 1.165) is 24.9 Å². The van der Waals surface area contributed by atoms with E-state index in [1.54, 1.807) is 18.4 Å². The number of nitrogens with zero attached hydrogens (tertiary/aromatic N) is 5. The van der Waals surface area contributed by atoms with Gasteiger partial charge in [-0.3, -0.25) is 0 Å². The number of hydrogen-bond donors (Lipinski definition) is 0. The summed E-state index contributed by atoms with van der Waals surface area (Å²) in [6.45, 7) is 4.00. The summed E-state index contributed by atoms with van der Waals surface area (Å²) in [6.07, 6.45) is 1.73. The fourth-order valence-electron chi connectivity index (χ4n) is 4.36. The molecule has 2 aliphatic heterocycles. The second-order valence-electron chi connectivity index (χ2n) is 7.77. The lowest BCUT2D eigenvalue weighted by atomic mass is 9.90. The van der Waals surface area contributed by atoms with Gasteiger partial charge in [0, 0.05) is 46.1 Å². The van der Waals surface area contributed by atoms with Gasteiger partial charge in [-0.15, -0.1) is 5.10 Å². The third-order valence-corrected chi connectivity index (χ3v) is 7.60. The molecule has 0 radical (unpaired) electrons. The van der Waals surface area contributed by atoms with E-state index in [-0.39, 0.29) is 17.9 Å². The minimum atomic E-state index is -3.50. The highest BCUT2D eigenvalue weighted by atomic mass is 32.2. The van der Waals surface area contributed by atoms with Gasteiger partial charge in [-0.1, -0.05) is 42.4 Å². The van der Waals surface area contributed by atoms with Crippen molar-refractivity contribution >= 4 is 16.2 Å². The Morgan fingerprint density at radius 1 is 1.14 bits per heavy atom. The van der Waals surface area contributed by atoms with Crippen molar-refractivity contribution < 1.29 is 12.8 Å². The molecule has 1 aromatic heterocycles. The Hall–Kier alpha value is -1.97. The first-order chi connectivity index (χ1) is 13.4. The zero-order valence-electron chi connectivity index (χ0n) is 16.5. The second kappa shape index (κ2) is 7.46. The van der Waals surface area contributed by atoms with Crippen LogP contribution in [0.1, 0.15) is 30.8 Å². The van der Waals surface area contributed by atoms with Gasteiger partial charge in [0.2, 0.25) is 5.89 Å². The Morgan fingerprint density at radius 2 is 1.89 bits per heavy atom. The molecule has 1 aromatic carbocycles. The SMILES string of the molecule is CCCc1nnc(N2C[C@H]3CN(S(=O)(=O)N(C)C)[C@H](c4ccccc4)[C@H]3C2)o1. The highest BCUT2D eigenvalue weighted by Crippen LogP contribution is 2.47. The van der Waals surface area contributed by atoms with Crippen LogP contribution in [0.15, 0.2) is 34.7 Å². The molecule has 28 heavy (non-hydrogen) atoms. The van der Waals surface area contributed by atoms with Crippen LogP contribution in [-0.4, -0.2) is 61.0 Å². The fraction of sp³-hybridized carbons (Fsp3) is 0.579. The van der Waals surface area contributed by atoms with Crippen LogP contribution in [0.3, 0.4) is 0 Å². The van der Waals surface area contributed by atoms with E-state index in [1.807, 2.05) is 30.3 Å². The molecule has 0 unspecified atom stereocenters. The summed E-state index contributed by atoms with van der Waals surface area (Å²) < 4.78 is 34.7. The lowest BCUT2D eigenvalue weighted by Gasteiger charge is -2.30. The number of hydrogen-bond acceptors (Lipinski definition) is 6. The minimum absolute atomic E-state index is 0.179. The molecule has 4 rings (SSSR count). The van der Waals surface area contributed by atoms with E-state index in [0.29, 0.717) is 25.0 Å². The highest BCUT2D eigenvalue weighted by molar-refractivity contribution is 7.86. The maximum Gasteiger partial charge on any atom is 0.318 e. The molecule has 0 spiro atoms. The molecule has 3 heterocycles. The van der Waals surface area contributed by atoms with Crippen LogP contribution in [0.2, 0.25) is 0 Å². The van der Waals surface area contributed by atoms with Gasteiger partial charge in [-0.25, -0.2) is 0 Å². The topological polar surface area (TPSA) is 82.8 Å². The first-order valence-corrected chi connectivity index (χ1v) is 11.1. The molecule has 0 saturated carbocycles. The van der Waals surface area contributed by atoms with Crippen molar-refractivity contribution in [2.24, 2.45) is 11.8 Å². The van der Waals surface area contributed by atoms with Gasteiger partial charge in [0.25, 0.3) is 10.2 Å². The summed E-state index contributed by atoms with van der Waals surface area (Å²) in [7, 11) is -0.327. The van der Waals surface area contributed by atoms with Gasteiger partial charge in [-0.2, -0.15) is 17.0 Å². The van der Waals surface area contributed by atoms with Gasteiger partial charge in [0.1, 0.15) is 0 Å². The zero-order valence-corrected chi connectivity index (χ0v) is 17.3. The van der Waals surface area contributed by atoms with Crippen molar-refractivity contribution in [2.45, 2.75) is 25.8 Å². The highest BCUT2D eigenvalue weighted by Gasteiger charge is 2.52. The van der Waals surface area contributed by atoms with E-state index in [2.05, 4.69) is 22.0 Å². The first-order valence-electron chi connectivity index (χ1n) is 9.73. The summed E-state index contributed by atoms with van der Waals surface area (Å²) in [5.74, 6) is 1.06. The largest absolute Gasteiger partial charge is 0.408 e. The van der Waals surface area contributed by atoms with Crippen molar-refractivity contribution in [3.63, 3.8) is 0 Å². The van der Waals surface area contributed by atoms with Crippen molar-refractivity contribution in [1.29, 1.82) is 0 Å². The van der Waals surface area contributed by atoms with E-state index >= 15 is 0 Å². The molecule has 2 fully saturated rings. The summed E-state index contributed by atoms with van der Waals surface area (Å²) in [6, 6.07) is 10.3. The van der Waals surface area contributed by atoms with Crippen molar-refractivity contribution in [2.75, 3.05) is 38.6 Å².